The summed E-state index contributed by atoms with van der Waals surface area (Å²) in [4.78, 5) is 9.19. The number of hydrogen-bond acceptors (Lipinski definition) is 5. The van der Waals surface area contributed by atoms with Crippen molar-refractivity contribution < 1.29 is 4.52 Å². The third-order valence-electron chi connectivity index (χ3n) is 3.94. The largest absolute Gasteiger partial charge is 0.360 e. The van der Waals surface area contributed by atoms with E-state index in [4.69, 9.17) is 26.2 Å². The van der Waals surface area contributed by atoms with E-state index in [-0.39, 0.29) is 0 Å². The summed E-state index contributed by atoms with van der Waals surface area (Å²) in [5, 5.41) is 8.77. The molecule has 0 unspecified atom stereocenters. The first kappa shape index (κ1) is 14.4. The van der Waals surface area contributed by atoms with Crippen LogP contribution in [0.3, 0.4) is 0 Å². The standard InChI is InChI=1S/C16H16ClN5O/c1-10-3-2-8-18-16(10)22-14(19-15(20-22)11-4-5-11)7-6-12-9-13(17)21-23-12/h2-3,8-9,11H,4-7H2,1H3. The SMILES string of the molecule is Cc1cccnc1-n1nc(C2CC2)nc1CCc1cc(Cl)no1. The molecule has 0 bridgehead atoms. The fourth-order valence-electron chi connectivity index (χ4n) is 2.55. The van der Waals surface area contributed by atoms with Gasteiger partial charge in [0.25, 0.3) is 0 Å². The molecule has 0 aromatic carbocycles. The van der Waals surface area contributed by atoms with Crippen molar-refractivity contribution in [1.29, 1.82) is 0 Å². The van der Waals surface area contributed by atoms with Gasteiger partial charge in [0.1, 0.15) is 11.6 Å². The predicted octanol–water partition coefficient (Wildman–Crippen LogP) is 3.27. The second kappa shape index (κ2) is 5.77. The third-order valence-corrected chi connectivity index (χ3v) is 4.12. The van der Waals surface area contributed by atoms with Gasteiger partial charge in [-0.15, -0.1) is 5.10 Å². The van der Waals surface area contributed by atoms with Crippen molar-refractivity contribution in [3.8, 4) is 5.82 Å². The summed E-state index contributed by atoms with van der Waals surface area (Å²) < 4.78 is 7.03. The molecule has 7 heteroatoms. The van der Waals surface area contributed by atoms with Crippen molar-refractivity contribution in [2.75, 3.05) is 0 Å². The van der Waals surface area contributed by atoms with Crippen LogP contribution in [0.5, 0.6) is 0 Å². The van der Waals surface area contributed by atoms with Gasteiger partial charge in [-0.25, -0.2) is 9.97 Å². The second-order valence-corrected chi connectivity index (χ2v) is 6.22. The van der Waals surface area contributed by atoms with E-state index in [2.05, 4.69) is 10.1 Å². The lowest BCUT2D eigenvalue weighted by molar-refractivity contribution is 0.382. The number of aromatic nitrogens is 5. The molecule has 6 nitrogen and oxygen atoms in total. The van der Waals surface area contributed by atoms with Crippen LogP contribution in [0.1, 0.15) is 41.7 Å². The van der Waals surface area contributed by atoms with E-state index in [9.17, 15) is 0 Å². The number of pyridine rings is 1. The third kappa shape index (κ3) is 2.99. The molecule has 1 aliphatic rings. The average molecular weight is 330 g/mol. The highest BCUT2D eigenvalue weighted by atomic mass is 35.5. The molecular formula is C16H16ClN5O. The van der Waals surface area contributed by atoms with Gasteiger partial charge in [0.05, 0.1) is 0 Å². The Hall–Kier alpha value is -2.21. The van der Waals surface area contributed by atoms with Gasteiger partial charge in [0.15, 0.2) is 16.8 Å². The van der Waals surface area contributed by atoms with Gasteiger partial charge >= 0.3 is 0 Å². The molecule has 0 atom stereocenters. The normalized spacial score (nSPS) is 14.3. The number of nitrogens with zero attached hydrogens (tertiary/aromatic N) is 5. The van der Waals surface area contributed by atoms with E-state index < -0.39 is 0 Å². The maximum Gasteiger partial charge on any atom is 0.172 e. The first-order chi connectivity index (χ1) is 11.2. The summed E-state index contributed by atoms with van der Waals surface area (Å²) in [5.74, 6) is 3.88. The van der Waals surface area contributed by atoms with Crippen LogP contribution in [0.2, 0.25) is 5.15 Å². The Labute approximate surface area is 138 Å². The minimum absolute atomic E-state index is 0.376. The molecule has 0 N–H and O–H groups in total. The van der Waals surface area contributed by atoms with Crippen LogP contribution in [-0.2, 0) is 12.8 Å². The molecule has 0 saturated heterocycles. The van der Waals surface area contributed by atoms with Gasteiger partial charge in [0, 0.05) is 31.0 Å². The van der Waals surface area contributed by atoms with Gasteiger partial charge < -0.3 is 4.52 Å². The molecule has 1 saturated carbocycles. The fourth-order valence-corrected chi connectivity index (χ4v) is 2.70. The molecule has 0 spiro atoms. The van der Waals surface area contributed by atoms with Gasteiger partial charge in [-0.2, -0.15) is 4.68 Å². The van der Waals surface area contributed by atoms with E-state index in [1.165, 1.54) is 12.8 Å². The molecule has 3 aromatic heterocycles. The monoisotopic (exact) mass is 329 g/mol. The first-order valence-electron chi connectivity index (χ1n) is 7.69. The number of aryl methyl sites for hydroxylation is 3. The van der Waals surface area contributed by atoms with Crippen LogP contribution in [-0.4, -0.2) is 24.9 Å². The van der Waals surface area contributed by atoms with Crippen LogP contribution in [0.15, 0.2) is 28.9 Å². The van der Waals surface area contributed by atoms with E-state index >= 15 is 0 Å². The lowest BCUT2D eigenvalue weighted by Crippen LogP contribution is -2.08. The van der Waals surface area contributed by atoms with E-state index in [1.807, 2.05) is 23.7 Å². The van der Waals surface area contributed by atoms with Crippen molar-refractivity contribution in [2.45, 2.75) is 38.5 Å². The second-order valence-electron chi connectivity index (χ2n) is 5.83. The van der Waals surface area contributed by atoms with Gasteiger partial charge in [0.2, 0.25) is 0 Å². The highest BCUT2D eigenvalue weighted by Gasteiger charge is 2.29. The summed E-state index contributed by atoms with van der Waals surface area (Å²) in [6, 6.07) is 5.69. The zero-order valence-corrected chi connectivity index (χ0v) is 13.5. The van der Waals surface area contributed by atoms with Crippen LogP contribution < -0.4 is 0 Å². The van der Waals surface area contributed by atoms with Crippen LogP contribution in [0.25, 0.3) is 5.82 Å². The van der Waals surface area contributed by atoms with Crippen molar-refractivity contribution in [1.82, 2.24) is 24.9 Å². The Morgan fingerprint density at radius 1 is 1.35 bits per heavy atom. The zero-order chi connectivity index (χ0) is 15.8. The van der Waals surface area contributed by atoms with Gasteiger partial charge in [-0.1, -0.05) is 22.8 Å². The van der Waals surface area contributed by atoms with E-state index in [1.54, 1.807) is 12.3 Å². The topological polar surface area (TPSA) is 69.6 Å². The lowest BCUT2D eigenvalue weighted by Gasteiger charge is -2.06. The average Bonchev–Trinajstić information content (AvgIpc) is 3.18. The predicted molar refractivity (Wildman–Crippen MR) is 84.8 cm³/mol. The number of rotatable bonds is 5. The maximum absolute atomic E-state index is 5.80. The van der Waals surface area contributed by atoms with Crippen molar-refractivity contribution >= 4 is 11.6 Å². The Balaban J connectivity index is 1.65. The molecule has 0 radical (unpaired) electrons. The molecule has 118 valence electrons. The molecular weight excluding hydrogens is 314 g/mol. The fraction of sp³-hybridized carbons (Fsp3) is 0.375. The quantitative estimate of drug-likeness (QED) is 0.718. The molecule has 0 aliphatic heterocycles. The van der Waals surface area contributed by atoms with E-state index in [0.29, 0.717) is 23.9 Å². The Morgan fingerprint density at radius 3 is 2.91 bits per heavy atom. The maximum atomic E-state index is 5.80. The van der Waals surface area contributed by atoms with Crippen molar-refractivity contribution in [3.05, 3.63) is 52.5 Å². The van der Waals surface area contributed by atoms with Crippen molar-refractivity contribution in [3.63, 3.8) is 0 Å². The minimum Gasteiger partial charge on any atom is -0.360 e. The summed E-state index contributed by atoms with van der Waals surface area (Å²) in [5.41, 5.74) is 1.07. The molecule has 3 heterocycles. The first-order valence-corrected chi connectivity index (χ1v) is 8.07. The van der Waals surface area contributed by atoms with Gasteiger partial charge in [-0.3, -0.25) is 0 Å². The molecule has 4 rings (SSSR count). The molecule has 1 aliphatic carbocycles. The summed E-state index contributed by atoms with van der Waals surface area (Å²) in [7, 11) is 0. The molecule has 3 aromatic rings. The molecule has 23 heavy (non-hydrogen) atoms. The van der Waals surface area contributed by atoms with Crippen LogP contribution in [0.4, 0.5) is 0 Å². The molecule has 1 fully saturated rings. The Bertz CT molecular complexity index is 837. The summed E-state index contributed by atoms with van der Waals surface area (Å²) in [6.45, 7) is 2.03. The number of hydrogen-bond donors (Lipinski definition) is 0. The number of halogens is 1. The van der Waals surface area contributed by atoms with E-state index in [0.717, 1.165) is 28.8 Å². The Kier molecular flexibility index (Phi) is 3.61. The lowest BCUT2D eigenvalue weighted by atomic mass is 10.2. The molecule has 0 amide bonds. The highest BCUT2D eigenvalue weighted by Crippen LogP contribution is 2.38. The smallest absolute Gasteiger partial charge is 0.172 e. The van der Waals surface area contributed by atoms with Crippen LogP contribution >= 0.6 is 11.6 Å². The minimum atomic E-state index is 0.376. The van der Waals surface area contributed by atoms with Crippen LogP contribution in [0, 0.1) is 6.92 Å². The zero-order valence-electron chi connectivity index (χ0n) is 12.7. The van der Waals surface area contributed by atoms with Gasteiger partial charge in [-0.05, 0) is 31.4 Å². The summed E-state index contributed by atoms with van der Waals surface area (Å²) >= 11 is 5.80. The highest BCUT2D eigenvalue weighted by molar-refractivity contribution is 6.29. The summed E-state index contributed by atoms with van der Waals surface area (Å²) in [6.07, 6.45) is 5.49. The van der Waals surface area contributed by atoms with Crippen molar-refractivity contribution in [2.24, 2.45) is 0 Å². The Morgan fingerprint density at radius 2 is 2.22 bits per heavy atom.